The summed E-state index contributed by atoms with van der Waals surface area (Å²) in [5.41, 5.74) is 1.02. The van der Waals surface area contributed by atoms with Gasteiger partial charge in [0, 0.05) is 38.6 Å². The Morgan fingerprint density at radius 1 is 1.15 bits per heavy atom. The molecule has 1 N–H and O–H groups in total. The van der Waals surface area contributed by atoms with Gasteiger partial charge in [0.25, 0.3) is 0 Å². The molecule has 1 aromatic carbocycles. The van der Waals surface area contributed by atoms with Crippen molar-refractivity contribution < 1.29 is 14.3 Å². The van der Waals surface area contributed by atoms with Gasteiger partial charge in [-0.25, -0.2) is 0 Å². The van der Waals surface area contributed by atoms with Gasteiger partial charge in [-0.05, 0) is 12.5 Å². The van der Waals surface area contributed by atoms with Crippen molar-refractivity contribution in [3.63, 3.8) is 0 Å². The average molecular weight is 361 g/mol. The summed E-state index contributed by atoms with van der Waals surface area (Å²) in [5, 5.41) is 2.97. The Hall–Kier alpha value is -1.92. The maximum Gasteiger partial charge on any atom is 0.242 e. The van der Waals surface area contributed by atoms with E-state index in [0.29, 0.717) is 13.1 Å². The van der Waals surface area contributed by atoms with Crippen molar-refractivity contribution in [1.82, 2.24) is 15.1 Å². The molecule has 1 aliphatic heterocycles. The summed E-state index contributed by atoms with van der Waals surface area (Å²) in [6, 6.07) is 9.28. The van der Waals surface area contributed by atoms with Crippen LogP contribution < -0.4 is 5.32 Å². The standard InChI is InChI=1S/C20H31N3O3/c1-16(2)20(25)23(15-18-7-5-4-6-8-18)17(3)19(24)21-9-10-22-11-13-26-14-12-22/h4-8,16-17H,9-15H2,1-3H3,(H,21,24)/t17-/m0/s1. The van der Waals surface area contributed by atoms with E-state index in [-0.39, 0.29) is 17.7 Å². The first kappa shape index (κ1) is 20.4. The zero-order valence-electron chi connectivity index (χ0n) is 16.1. The minimum atomic E-state index is -0.505. The van der Waals surface area contributed by atoms with Crippen molar-refractivity contribution >= 4 is 11.8 Å². The first-order valence-electron chi connectivity index (χ1n) is 9.41. The number of carbonyl (C=O) groups is 2. The molecular formula is C20H31N3O3. The topological polar surface area (TPSA) is 61.9 Å². The molecule has 1 fully saturated rings. The molecular weight excluding hydrogens is 330 g/mol. The largest absolute Gasteiger partial charge is 0.379 e. The van der Waals surface area contributed by atoms with Crippen LogP contribution in [0.25, 0.3) is 0 Å². The van der Waals surface area contributed by atoms with Crippen LogP contribution in [0.3, 0.4) is 0 Å². The second-order valence-electron chi connectivity index (χ2n) is 7.03. The van der Waals surface area contributed by atoms with Crippen molar-refractivity contribution in [1.29, 1.82) is 0 Å². The molecule has 1 atom stereocenters. The molecule has 6 nitrogen and oxygen atoms in total. The zero-order chi connectivity index (χ0) is 18.9. The Balaban J connectivity index is 1.92. The molecule has 0 aromatic heterocycles. The van der Waals surface area contributed by atoms with Crippen LogP contribution in [0.2, 0.25) is 0 Å². The Labute approximate surface area is 156 Å². The van der Waals surface area contributed by atoms with Gasteiger partial charge in [0.1, 0.15) is 6.04 Å². The summed E-state index contributed by atoms with van der Waals surface area (Å²) in [6.07, 6.45) is 0. The highest BCUT2D eigenvalue weighted by Crippen LogP contribution is 2.13. The van der Waals surface area contributed by atoms with Crippen molar-refractivity contribution in [3.05, 3.63) is 35.9 Å². The van der Waals surface area contributed by atoms with E-state index in [2.05, 4.69) is 10.2 Å². The van der Waals surface area contributed by atoms with Crippen molar-refractivity contribution in [2.45, 2.75) is 33.4 Å². The highest BCUT2D eigenvalue weighted by atomic mass is 16.5. The fraction of sp³-hybridized carbons (Fsp3) is 0.600. The van der Waals surface area contributed by atoms with Crippen LogP contribution in [-0.4, -0.2) is 67.0 Å². The number of rotatable bonds is 8. The molecule has 0 unspecified atom stereocenters. The van der Waals surface area contributed by atoms with E-state index >= 15 is 0 Å². The van der Waals surface area contributed by atoms with E-state index in [9.17, 15) is 9.59 Å². The highest BCUT2D eigenvalue weighted by Gasteiger charge is 2.27. The van der Waals surface area contributed by atoms with Gasteiger partial charge in [0.2, 0.25) is 11.8 Å². The van der Waals surface area contributed by atoms with E-state index in [0.717, 1.165) is 38.4 Å². The monoisotopic (exact) mass is 361 g/mol. The molecule has 2 rings (SSSR count). The molecule has 0 spiro atoms. The molecule has 2 amide bonds. The lowest BCUT2D eigenvalue weighted by Crippen LogP contribution is -2.50. The summed E-state index contributed by atoms with van der Waals surface area (Å²) >= 11 is 0. The predicted octanol–water partition coefficient (Wildman–Crippen LogP) is 1.51. The number of amides is 2. The number of benzene rings is 1. The fourth-order valence-corrected chi connectivity index (χ4v) is 2.97. The molecule has 0 bridgehead atoms. The second kappa shape index (κ2) is 10.3. The summed E-state index contributed by atoms with van der Waals surface area (Å²) in [7, 11) is 0. The Morgan fingerprint density at radius 2 is 1.81 bits per heavy atom. The number of nitrogens with zero attached hydrogens (tertiary/aromatic N) is 2. The Morgan fingerprint density at radius 3 is 2.42 bits per heavy atom. The van der Waals surface area contributed by atoms with Crippen molar-refractivity contribution in [3.8, 4) is 0 Å². The van der Waals surface area contributed by atoms with Crippen LogP contribution in [0, 0.1) is 5.92 Å². The number of carbonyl (C=O) groups excluding carboxylic acids is 2. The fourth-order valence-electron chi connectivity index (χ4n) is 2.97. The molecule has 6 heteroatoms. The van der Waals surface area contributed by atoms with E-state index in [1.165, 1.54) is 0 Å². The quantitative estimate of drug-likeness (QED) is 0.762. The third-order valence-electron chi connectivity index (χ3n) is 4.65. The molecule has 144 valence electrons. The van der Waals surface area contributed by atoms with Crippen molar-refractivity contribution in [2.24, 2.45) is 5.92 Å². The molecule has 1 heterocycles. The van der Waals surface area contributed by atoms with Crippen LogP contribution in [0.15, 0.2) is 30.3 Å². The van der Waals surface area contributed by atoms with E-state index in [1.807, 2.05) is 44.2 Å². The maximum atomic E-state index is 12.6. The minimum absolute atomic E-state index is 0.00955. The maximum absolute atomic E-state index is 12.6. The lowest BCUT2D eigenvalue weighted by molar-refractivity contribution is -0.143. The van der Waals surface area contributed by atoms with Gasteiger partial charge in [-0.3, -0.25) is 14.5 Å². The summed E-state index contributed by atoms with van der Waals surface area (Å²) in [4.78, 5) is 29.2. The number of nitrogens with one attached hydrogen (secondary N) is 1. The van der Waals surface area contributed by atoms with Gasteiger partial charge in [-0.1, -0.05) is 44.2 Å². The predicted molar refractivity (Wildman–Crippen MR) is 102 cm³/mol. The Kier molecular flexibility index (Phi) is 8.06. The normalized spacial score (nSPS) is 16.3. The highest BCUT2D eigenvalue weighted by molar-refractivity contribution is 5.88. The summed E-state index contributed by atoms with van der Waals surface area (Å²) in [6.45, 7) is 10.7. The summed E-state index contributed by atoms with van der Waals surface area (Å²) in [5.74, 6) is -0.268. The summed E-state index contributed by atoms with van der Waals surface area (Å²) < 4.78 is 5.33. The lowest BCUT2D eigenvalue weighted by atomic mass is 10.1. The van der Waals surface area contributed by atoms with Crippen LogP contribution >= 0.6 is 0 Å². The van der Waals surface area contributed by atoms with Crippen LogP contribution in [0.5, 0.6) is 0 Å². The zero-order valence-corrected chi connectivity index (χ0v) is 16.1. The second-order valence-corrected chi connectivity index (χ2v) is 7.03. The molecule has 26 heavy (non-hydrogen) atoms. The third kappa shape index (κ3) is 6.11. The first-order chi connectivity index (χ1) is 12.5. The molecule has 1 saturated heterocycles. The smallest absolute Gasteiger partial charge is 0.242 e. The minimum Gasteiger partial charge on any atom is -0.379 e. The van der Waals surface area contributed by atoms with E-state index in [1.54, 1.807) is 11.8 Å². The number of hydrogen-bond acceptors (Lipinski definition) is 4. The lowest BCUT2D eigenvalue weighted by Gasteiger charge is -2.31. The third-order valence-corrected chi connectivity index (χ3v) is 4.65. The van der Waals surface area contributed by atoms with E-state index < -0.39 is 6.04 Å². The number of morpholine rings is 1. The molecule has 0 radical (unpaired) electrons. The molecule has 1 aliphatic rings. The number of hydrogen-bond donors (Lipinski definition) is 1. The first-order valence-corrected chi connectivity index (χ1v) is 9.41. The van der Waals surface area contributed by atoms with Crippen LogP contribution in [0.1, 0.15) is 26.3 Å². The van der Waals surface area contributed by atoms with Gasteiger partial charge in [0.05, 0.1) is 13.2 Å². The van der Waals surface area contributed by atoms with Gasteiger partial charge >= 0.3 is 0 Å². The molecule has 1 aromatic rings. The number of ether oxygens (including phenoxy) is 1. The van der Waals surface area contributed by atoms with Crippen LogP contribution in [0.4, 0.5) is 0 Å². The van der Waals surface area contributed by atoms with E-state index in [4.69, 9.17) is 4.74 Å². The Bertz CT molecular complexity index is 571. The van der Waals surface area contributed by atoms with Gasteiger partial charge < -0.3 is 15.0 Å². The van der Waals surface area contributed by atoms with Crippen LogP contribution in [-0.2, 0) is 20.9 Å². The van der Waals surface area contributed by atoms with Crippen molar-refractivity contribution in [2.75, 3.05) is 39.4 Å². The SMILES string of the molecule is CC(C)C(=O)N(Cc1ccccc1)[C@@H](C)C(=O)NCCN1CCOCC1. The van der Waals surface area contributed by atoms with Gasteiger partial charge in [-0.15, -0.1) is 0 Å². The van der Waals surface area contributed by atoms with Gasteiger partial charge in [-0.2, -0.15) is 0 Å². The van der Waals surface area contributed by atoms with Gasteiger partial charge in [0.15, 0.2) is 0 Å². The molecule has 0 aliphatic carbocycles. The average Bonchev–Trinajstić information content (AvgIpc) is 2.66. The molecule has 0 saturated carbocycles.